The van der Waals surface area contributed by atoms with Crippen molar-refractivity contribution in [2.75, 3.05) is 25.4 Å². The Morgan fingerprint density at radius 1 is 1.31 bits per heavy atom. The van der Waals surface area contributed by atoms with Crippen LogP contribution < -0.4 is 5.73 Å². The normalized spacial score (nSPS) is 31.0. The van der Waals surface area contributed by atoms with Gasteiger partial charge in [0.2, 0.25) is 10.0 Å². The standard InChI is InChI=1S/C8H18N2O2S/c1-7-5-10(6-8(7)2)13(11,12)4-3-9/h7-8H,3-6,9H2,1-2H3. The molecule has 0 amide bonds. The Morgan fingerprint density at radius 2 is 1.77 bits per heavy atom. The van der Waals surface area contributed by atoms with Crippen LogP contribution in [0.4, 0.5) is 0 Å². The Hall–Kier alpha value is -0.130. The summed E-state index contributed by atoms with van der Waals surface area (Å²) in [6.45, 7) is 5.69. The summed E-state index contributed by atoms with van der Waals surface area (Å²) in [6.07, 6.45) is 0. The molecule has 0 saturated carbocycles. The van der Waals surface area contributed by atoms with Crippen LogP contribution in [0.1, 0.15) is 13.8 Å². The summed E-state index contributed by atoms with van der Waals surface area (Å²) in [4.78, 5) is 0. The minimum absolute atomic E-state index is 0.0758. The molecule has 1 saturated heterocycles. The summed E-state index contributed by atoms with van der Waals surface area (Å²) < 4.78 is 24.7. The molecule has 0 spiro atoms. The molecule has 1 aliphatic heterocycles. The summed E-state index contributed by atoms with van der Waals surface area (Å²) in [5.41, 5.74) is 5.25. The molecule has 78 valence electrons. The van der Waals surface area contributed by atoms with Crippen molar-refractivity contribution in [3.05, 3.63) is 0 Å². The van der Waals surface area contributed by atoms with Gasteiger partial charge in [0.1, 0.15) is 0 Å². The van der Waals surface area contributed by atoms with Crippen molar-refractivity contribution in [2.45, 2.75) is 13.8 Å². The number of nitrogens with two attached hydrogens (primary N) is 1. The summed E-state index contributed by atoms with van der Waals surface area (Å²) >= 11 is 0. The maximum atomic E-state index is 11.6. The Bertz CT molecular complexity index is 253. The lowest BCUT2D eigenvalue weighted by molar-refractivity contribution is 0.463. The molecule has 1 rings (SSSR count). The maximum absolute atomic E-state index is 11.6. The molecular weight excluding hydrogens is 188 g/mol. The third kappa shape index (κ3) is 2.42. The first-order valence-corrected chi connectivity index (χ1v) is 6.26. The molecule has 5 heteroatoms. The van der Waals surface area contributed by atoms with Crippen LogP contribution >= 0.6 is 0 Å². The second-order valence-corrected chi connectivity index (χ2v) is 5.96. The van der Waals surface area contributed by atoms with Gasteiger partial charge in [-0.3, -0.25) is 0 Å². The molecule has 2 atom stereocenters. The maximum Gasteiger partial charge on any atom is 0.215 e. The van der Waals surface area contributed by atoms with Gasteiger partial charge in [0.15, 0.2) is 0 Å². The Kier molecular flexibility index (Phi) is 3.32. The zero-order chi connectivity index (χ0) is 10.1. The van der Waals surface area contributed by atoms with Crippen LogP contribution in [0.2, 0.25) is 0 Å². The van der Waals surface area contributed by atoms with E-state index in [0.29, 0.717) is 24.9 Å². The minimum Gasteiger partial charge on any atom is -0.329 e. The van der Waals surface area contributed by atoms with Gasteiger partial charge in [-0.05, 0) is 11.8 Å². The number of rotatable bonds is 3. The summed E-state index contributed by atoms with van der Waals surface area (Å²) in [7, 11) is -3.07. The molecule has 0 bridgehead atoms. The van der Waals surface area contributed by atoms with Gasteiger partial charge >= 0.3 is 0 Å². The van der Waals surface area contributed by atoms with Gasteiger partial charge in [-0.2, -0.15) is 0 Å². The first kappa shape index (κ1) is 10.9. The van der Waals surface area contributed by atoms with Crippen molar-refractivity contribution >= 4 is 10.0 Å². The van der Waals surface area contributed by atoms with Gasteiger partial charge < -0.3 is 5.73 Å². The van der Waals surface area contributed by atoms with Crippen LogP contribution in [0.5, 0.6) is 0 Å². The van der Waals surface area contributed by atoms with E-state index < -0.39 is 10.0 Å². The third-order valence-corrected chi connectivity index (χ3v) is 4.56. The summed E-state index contributed by atoms with van der Waals surface area (Å²) in [5.74, 6) is 1.01. The lowest BCUT2D eigenvalue weighted by atomic mass is 10.0. The van der Waals surface area contributed by atoms with E-state index in [1.54, 1.807) is 4.31 Å². The molecular formula is C8H18N2O2S. The third-order valence-electron chi connectivity index (χ3n) is 2.72. The zero-order valence-electron chi connectivity index (χ0n) is 8.23. The van der Waals surface area contributed by atoms with Crippen LogP contribution in [0.3, 0.4) is 0 Å². The van der Waals surface area contributed by atoms with E-state index in [1.165, 1.54) is 0 Å². The van der Waals surface area contributed by atoms with Crippen molar-refractivity contribution in [1.29, 1.82) is 0 Å². The quantitative estimate of drug-likeness (QED) is 0.699. The van der Waals surface area contributed by atoms with Crippen molar-refractivity contribution in [3.63, 3.8) is 0 Å². The number of hydrogen-bond acceptors (Lipinski definition) is 3. The van der Waals surface area contributed by atoms with Gasteiger partial charge in [-0.25, -0.2) is 12.7 Å². The Labute approximate surface area is 80.1 Å². The summed E-state index contributed by atoms with van der Waals surface area (Å²) in [5, 5.41) is 0. The molecule has 2 unspecified atom stereocenters. The first-order valence-electron chi connectivity index (χ1n) is 4.65. The zero-order valence-corrected chi connectivity index (χ0v) is 9.05. The molecule has 0 aromatic heterocycles. The van der Waals surface area contributed by atoms with E-state index in [2.05, 4.69) is 13.8 Å². The van der Waals surface area contributed by atoms with Crippen LogP contribution in [0, 0.1) is 11.8 Å². The Morgan fingerprint density at radius 3 is 2.15 bits per heavy atom. The lowest BCUT2D eigenvalue weighted by Crippen LogP contribution is -2.33. The van der Waals surface area contributed by atoms with Crippen LogP contribution in [-0.2, 0) is 10.0 Å². The van der Waals surface area contributed by atoms with Crippen LogP contribution in [-0.4, -0.2) is 38.1 Å². The Balaban J connectivity index is 2.65. The summed E-state index contributed by atoms with van der Waals surface area (Å²) in [6, 6.07) is 0. The highest BCUT2D eigenvalue weighted by atomic mass is 32.2. The van der Waals surface area contributed by atoms with E-state index >= 15 is 0 Å². The molecule has 1 fully saturated rings. The molecule has 0 aromatic rings. The molecule has 0 aromatic carbocycles. The highest BCUT2D eigenvalue weighted by molar-refractivity contribution is 7.89. The predicted molar refractivity (Wildman–Crippen MR) is 52.7 cm³/mol. The minimum atomic E-state index is -3.07. The molecule has 2 N–H and O–H groups in total. The highest BCUT2D eigenvalue weighted by Gasteiger charge is 2.33. The van der Waals surface area contributed by atoms with Crippen molar-refractivity contribution in [2.24, 2.45) is 17.6 Å². The number of hydrogen-bond donors (Lipinski definition) is 1. The number of nitrogens with zero attached hydrogens (tertiary/aromatic N) is 1. The van der Waals surface area contributed by atoms with Gasteiger partial charge in [-0.1, -0.05) is 13.8 Å². The second kappa shape index (κ2) is 3.94. The molecule has 13 heavy (non-hydrogen) atoms. The topological polar surface area (TPSA) is 63.4 Å². The molecule has 1 aliphatic rings. The van der Waals surface area contributed by atoms with Crippen LogP contribution in [0.25, 0.3) is 0 Å². The molecule has 0 aliphatic carbocycles. The molecule has 1 heterocycles. The molecule has 0 radical (unpaired) electrons. The van der Waals surface area contributed by atoms with E-state index in [4.69, 9.17) is 5.73 Å². The van der Waals surface area contributed by atoms with E-state index in [1.807, 2.05) is 0 Å². The SMILES string of the molecule is CC1CN(S(=O)(=O)CCN)CC1C. The fourth-order valence-corrected chi connectivity index (χ4v) is 3.06. The van der Waals surface area contributed by atoms with Gasteiger partial charge in [0.05, 0.1) is 5.75 Å². The van der Waals surface area contributed by atoms with Crippen molar-refractivity contribution in [3.8, 4) is 0 Å². The monoisotopic (exact) mass is 206 g/mol. The fraction of sp³-hybridized carbons (Fsp3) is 1.00. The van der Waals surface area contributed by atoms with Crippen LogP contribution in [0.15, 0.2) is 0 Å². The van der Waals surface area contributed by atoms with Gasteiger partial charge in [0.25, 0.3) is 0 Å². The fourth-order valence-electron chi connectivity index (χ4n) is 1.58. The van der Waals surface area contributed by atoms with E-state index in [-0.39, 0.29) is 12.3 Å². The highest BCUT2D eigenvalue weighted by Crippen LogP contribution is 2.24. The van der Waals surface area contributed by atoms with E-state index in [0.717, 1.165) is 0 Å². The first-order chi connectivity index (χ1) is 5.97. The van der Waals surface area contributed by atoms with Crippen molar-refractivity contribution < 1.29 is 8.42 Å². The van der Waals surface area contributed by atoms with E-state index in [9.17, 15) is 8.42 Å². The molecule has 4 nitrogen and oxygen atoms in total. The largest absolute Gasteiger partial charge is 0.329 e. The lowest BCUT2D eigenvalue weighted by Gasteiger charge is -2.14. The second-order valence-electron chi connectivity index (χ2n) is 3.88. The van der Waals surface area contributed by atoms with Crippen molar-refractivity contribution in [1.82, 2.24) is 4.31 Å². The van der Waals surface area contributed by atoms with Gasteiger partial charge in [0, 0.05) is 19.6 Å². The number of sulfonamides is 1. The van der Waals surface area contributed by atoms with Gasteiger partial charge in [-0.15, -0.1) is 0 Å². The average molecular weight is 206 g/mol. The average Bonchev–Trinajstić information content (AvgIpc) is 2.33. The smallest absolute Gasteiger partial charge is 0.215 e. The predicted octanol–water partition coefficient (Wildman–Crippen LogP) is -0.137.